The zero-order valence-corrected chi connectivity index (χ0v) is 18.1. The van der Waals surface area contributed by atoms with Gasteiger partial charge in [0, 0.05) is 22.5 Å². The number of fused-ring (bicyclic) bond motifs is 1. The third-order valence-corrected chi connectivity index (χ3v) is 5.00. The van der Waals surface area contributed by atoms with Crippen molar-refractivity contribution in [2.24, 2.45) is 0 Å². The fourth-order valence-electron chi connectivity index (χ4n) is 3.21. The fourth-order valence-corrected chi connectivity index (χ4v) is 3.47. The second-order valence-electron chi connectivity index (χ2n) is 7.10. The second-order valence-corrected chi connectivity index (χ2v) is 7.62. The average molecular weight is 450 g/mol. The van der Waals surface area contributed by atoms with Gasteiger partial charge in [-0.2, -0.15) is 0 Å². The predicted octanol–water partition coefficient (Wildman–Crippen LogP) is 3.89. The van der Waals surface area contributed by atoms with Crippen molar-refractivity contribution in [2.75, 3.05) is 23.8 Å². The Morgan fingerprint density at radius 3 is 2.62 bits per heavy atom. The number of ether oxygens (including phenoxy) is 2. The summed E-state index contributed by atoms with van der Waals surface area (Å²) in [5, 5.41) is 8.75. The normalized spacial score (nSPS) is 15.2. The van der Waals surface area contributed by atoms with Crippen LogP contribution in [0.3, 0.4) is 0 Å². The number of amides is 2. The first-order valence-electron chi connectivity index (χ1n) is 10.2. The Hall–Kier alpha value is -3.65. The SMILES string of the molecule is O=C(Nc1cccc(NC(S)NC(=O)c2ccc3c(c2)OCCO3)c1)C1=CC=CCC=C1. The van der Waals surface area contributed by atoms with Crippen molar-refractivity contribution in [1.82, 2.24) is 5.32 Å². The lowest BCUT2D eigenvalue weighted by atomic mass is 10.2. The van der Waals surface area contributed by atoms with E-state index in [1.165, 1.54) is 0 Å². The summed E-state index contributed by atoms with van der Waals surface area (Å²) in [4.78, 5) is 25.1. The number of thiol groups is 1. The quantitative estimate of drug-likeness (QED) is 0.397. The Morgan fingerprint density at radius 1 is 0.938 bits per heavy atom. The summed E-state index contributed by atoms with van der Waals surface area (Å²) < 4.78 is 11.0. The first-order chi connectivity index (χ1) is 15.6. The van der Waals surface area contributed by atoms with Crippen LogP contribution in [-0.4, -0.2) is 30.5 Å². The van der Waals surface area contributed by atoms with Gasteiger partial charge in [0.1, 0.15) is 18.7 Å². The van der Waals surface area contributed by atoms with Crippen LogP contribution >= 0.6 is 12.6 Å². The molecule has 2 aromatic rings. The minimum absolute atomic E-state index is 0.195. The Balaban J connectivity index is 1.35. The van der Waals surface area contributed by atoms with Gasteiger partial charge in [-0.05, 0) is 48.9 Å². The highest BCUT2D eigenvalue weighted by molar-refractivity contribution is 7.81. The first kappa shape index (κ1) is 21.6. The van der Waals surface area contributed by atoms with Gasteiger partial charge >= 0.3 is 0 Å². The van der Waals surface area contributed by atoms with Gasteiger partial charge in [0.25, 0.3) is 11.8 Å². The molecule has 0 saturated heterocycles. The Labute approximate surface area is 191 Å². The summed E-state index contributed by atoms with van der Waals surface area (Å²) in [6, 6.07) is 12.2. The summed E-state index contributed by atoms with van der Waals surface area (Å²) in [6.45, 7) is 0.942. The maximum absolute atomic E-state index is 12.6. The van der Waals surface area contributed by atoms with Crippen LogP contribution in [0.15, 0.2) is 78.4 Å². The van der Waals surface area contributed by atoms with Crippen molar-refractivity contribution in [1.29, 1.82) is 0 Å². The van der Waals surface area contributed by atoms with Crippen LogP contribution in [-0.2, 0) is 4.79 Å². The molecule has 4 rings (SSSR count). The second kappa shape index (κ2) is 10.1. The highest BCUT2D eigenvalue weighted by atomic mass is 32.1. The lowest BCUT2D eigenvalue weighted by Crippen LogP contribution is -2.36. The molecule has 2 amide bonds. The van der Waals surface area contributed by atoms with Crippen molar-refractivity contribution < 1.29 is 19.1 Å². The van der Waals surface area contributed by atoms with Crippen LogP contribution in [0.4, 0.5) is 11.4 Å². The fraction of sp³-hybridized carbons (Fsp3) is 0.167. The van der Waals surface area contributed by atoms with Gasteiger partial charge in [-0.3, -0.25) is 9.59 Å². The highest BCUT2D eigenvalue weighted by Gasteiger charge is 2.16. The Morgan fingerprint density at radius 2 is 1.75 bits per heavy atom. The van der Waals surface area contributed by atoms with Gasteiger partial charge in [0.2, 0.25) is 0 Å². The van der Waals surface area contributed by atoms with E-state index >= 15 is 0 Å². The van der Waals surface area contributed by atoms with Gasteiger partial charge < -0.3 is 25.4 Å². The van der Waals surface area contributed by atoms with E-state index in [4.69, 9.17) is 9.47 Å². The lowest BCUT2D eigenvalue weighted by Gasteiger charge is -2.20. The minimum atomic E-state index is -0.653. The van der Waals surface area contributed by atoms with E-state index in [1.54, 1.807) is 48.6 Å². The summed E-state index contributed by atoms with van der Waals surface area (Å²) in [6.07, 6.45) is 10.2. The standard InChI is InChI=1S/C24H23N3O4S/c28-22(16-6-3-1-2-4-7-16)25-18-8-5-9-19(15-18)26-24(32)27-23(29)17-10-11-20-21(14-17)31-13-12-30-20/h1,3-11,14-15,24,26,32H,2,12-13H2,(H,25,28)(H,27,29). The molecule has 3 N–H and O–H groups in total. The zero-order valence-electron chi connectivity index (χ0n) is 17.2. The van der Waals surface area contributed by atoms with Gasteiger partial charge in [-0.1, -0.05) is 30.4 Å². The van der Waals surface area contributed by atoms with Crippen LogP contribution in [0.1, 0.15) is 16.8 Å². The first-order valence-corrected chi connectivity index (χ1v) is 10.7. The molecule has 0 radical (unpaired) electrons. The van der Waals surface area contributed by atoms with E-state index in [2.05, 4.69) is 28.6 Å². The molecule has 1 aliphatic carbocycles. The van der Waals surface area contributed by atoms with Gasteiger partial charge in [0.05, 0.1) is 0 Å². The molecule has 7 nitrogen and oxygen atoms in total. The van der Waals surface area contributed by atoms with E-state index in [-0.39, 0.29) is 11.8 Å². The topological polar surface area (TPSA) is 88.7 Å². The maximum atomic E-state index is 12.6. The molecule has 1 unspecified atom stereocenters. The highest BCUT2D eigenvalue weighted by Crippen LogP contribution is 2.30. The number of anilines is 2. The van der Waals surface area contributed by atoms with Crippen LogP contribution in [0.5, 0.6) is 11.5 Å². The molecule has 1 aliphatic heterocycles. The Bertz CT molecular complexity index is 1110. The number of hydrogen-bond donors (Lipinski definition) is 4. The third kappa shape index (κ3) is 5.53. The summed E-state index contributed by atoms with van der Waals surface area (Å²) >= 11 is 4.42. The van der Waals surface area contributed by atoms with Crippen molar-refractivity contribution in [3.05, 3.63) is 84.0 Å². The molecule has 0 aromatic heterocycles. The van der Waals surface area contributed by atoms with Crippen molar-refractivity contribution in [3.8, 4) is 11.5 Å². The van der Waals surface area contributed by atoms with Gasteiger partial charge in [-0.15, -0.1) is 12.6 Å². The minimum Gasteiger partial charge on any atom is -0.486 e. The third-order valence-electron chi connectivity index (χ3n) is 4.74. The van der Waals surface area contributed by atoms with Crippen LogP contribution in [0.2, 0.25) is 0 Å². The molecule has 164 valence electrons. The molecule has 32 heavy (non-hydrogen) atoms. The predicted molar refractivity (Wildman–Crippen MR) is 127 cm³/mol. The molecule has 2 aliphatic rings. The molecule has 1 heterocycles. The van der Waals surface area contributed by atoms with E-state index in [0.29, 0.717) is 47.2 Å². The largest absolute Gasteiger partial charge is 0.486 e. The molecule has 2 aromatic carbocycles. The number of carbonyl (C=O) groups is 2. The van der Waals surface area contributed by atoms with Crippen LogP contribution < -0.4 is 25.4 Å². The molecular weight excluding hydrogens is 426 g/mol. The summed E-state index contributed by atoms with van der Waals surface area (Å²) in [5.74, 6) is 0.668. The van der Waals surface area contributed by atoms with Crippen molar-refractivity contribution >= 4 is 35.8 Å². The number of hydrogen-bond acceptors (Lipinski definition) is 6. The van der Waals surface area contributed by atoms with Gasteiger partial charge in [-0.25, -0.2) is 0 Å². The molecule has 1 atom stereocenters. The van der Waals surface area contributed by atoms with E-state index in [0.717, 1.165) is 6.42 Å². The number of benzene rings is 2. The van der Waals surface area contributed by atoms with Gasteiger partial charge in [0.15, 0.2) is 11.5 Å². The maximum Gasteiger partial charge on any atom is 0.255 e. The number of nitrogens with one attached hydrogen (secondary N) is 3. The van der Waals surface area contributed by atoms with Crippen LogP contribution in [0, 0.1) is 0 Å². The monoisotopic (exact) mass is 449 g/mol. The average Bonchev–Trinajstić information content (AvgIpc) is 3.08. The molecule has 8 heteroatoms. The molecule has 0 spiro atoms. The zero-order chi connectivity index (χ0) is 22.3. The van der Waals surface area contributed by atoms with Crippen molar-refractivity contribution in [3.63, 3.8) is 0 Å². The number of rotatable bonds is 6. The molecule has 0 bridgehead atoms. The smallest absolute Gasteiger partial charge is 0.255 e. The van der Waals surface area contributed by atoms with E-state index in [1.807, 2.05) is 24.3 Å². The van der Waals surface area contributed by atoms with E-state index < -0.39 is 5.50 Å². The number of carbonyl (C=O) groups excluding carboxylic acids is 2. The molecular formula is C24H23N3O4S. The molecule has 0 fully saturated rings. The summed E-state index contributed by atoms with van der Waals surface area (Å²) in [5.41, 5.74) is 1.68. The number of allylic oxidation sites excluding steroid dienone is 4. The molecule has 0 saturated carbocycles. The van der Waals surface area contributed by atoms with Crippen LogP contribution in [0.25, 0.3) is 0 Å². The summed E-state index contributed by atoms with van der Waals surface area (Å²) in [7, 11) is 0. The van der Waals surface area contributed by atoms with Crippen molar-refractivity contribution in [2.45, 2.75) is 11.9 Å². The van der Waals surface area contributed by atoms with E-state index in [9.17, 15) is 9.59 Å². The lowest BCUT2D eigenvalue weighted by molar-refractivity contribution is -0.112. The Kier molecular flexibility index (Phi) is 6.81.